The quantitative estimate of drug-likeness (QED) is 0.846. The van der Waals surface area contributed by atoms with Crippen molar-refractivity contribution in [3.63, 3.8) is 0 Å². The summed E-state index contributed by atoms with van der Waals surface area (Å²) in [6.45, 7) is 0.655. The monoisotopic (exact) mass is 259 g/mol. The molecule has 0 radical (unpaired) electrons. The molecule has 2 rings (SSSR count). The fraction of sp³-hybridized carbons (Fsp3) is 0.267. The molecule has 0 saturated carbocycles. The van der Waals surface area contributed by atoms with Crippen LogP contribution >= 0.6 is 11.3 Å². The van der Waals surface area contributed by atoms with Crippen LogP contribution in [0.5, 0.6) is 0 Å². The van der Waals surface area contributed by atoms with Crippen LogP contribution in [-0.2, 0) is 17.8 Å². The van der Waals surface area contributed by atoms with E-state index in [1.54, 1.807) is 11.3 Å². The first-order valence-electron chi connectivity index (χ1n) is 6.17. The Bertz CT molecular complexity index is 465. The second-order valence-electron chi connectivity index (χ2n) is 4.20. The number of aryl methyl sites for hydroxylation is 1. The standard InChI is InChI=1S/C15H17NOS/c17-15(16-12-14-9-5-11-18-14)10-4-8-13-6-2-1-3-7-13/h1-3,5-7,9,11H,4,8,10,12H2,(H,16,17). The molecule has 1 aromatic carbocycles. The summed E-state index contributed by atoms with van der Waals surface area (Å²) in [6, 6.07) is 14.3. The molecule has 2 nitrogen and oxygen atoms in total. The highest BCUT2D eigenvalue weighted by Crippen LogP contribution is 2.08. The maximum atomic E-state index is 11.6. The molecule has 1 heterocycles. The van der Waals surface area contributed by atoms with Gasteiger partial charge in [-0.3, -0.25) is 4.79 Å². The summed E-state index contributed by atoms with van der Waals surface area (Å²) < 4.78 is 0. The normalized spacial score (nSPS) is 10.2. The summed E-state index contributed by atoms with van der Waals surface area (Å²) in [4.78, 5) is 12.8. The van der Waals surface area contributed by atoms with Crippen molar-refractivity contribution in [2.75, 3.05) is 0 Å². The number of rotatable bonds is 6. The van der Waals surface area contributed by atoms with E-state index in [1.165, 1.54) is 10.4 Å². The molecule has 2 aromatic rings. The molecule has 3 heteroatoms. The van der Waals surface area contributed by atoms with Crippen molar-refractivity contribution in [3.8, 4) is 0 Å². The molecule has 0 saturated heterocycles. The minimum Gasteiger partial charge on any atom is -0.351 e. The van der Waals surface area contributed by atoms with Crippen LogP contribution in [0, 0.1) is 0 Å². The lowest BCUT2D eigenvalue weighted by atomic mass is 10.1. The van der Waals surface area contributed by atoms with Gasteiger partial charge in [-0.2, -0.15) is 0 Å². The van der Waals surface area contributed by atoms with Gasteiger partial charge in [-0.1, -0.05) is 36.4 Å². The lowest BCUT2D eigenvalue weighted by Gasteiger charge is -2.04. The van der Waals surface area contributed by atoms with Crippen LogP contribution in [0.1, 0.15) is 23.3 Å². The zero-order valence-corrected chi connectivity index (χ0v) is 11.1. The molecule has 0 unspecified atom stereocenters. The van der Waals surface area contributed by atoms with Crippen LogP contribution < -0.4 is 5.32 Å². The first-order chi connectivity index (χ1) is 8.84. The Balaban J connectivity index is 1.63. The Morgan fingerprint density at radius 3 is 2.67 bits per heavy atom. The van der Waals surface area contributed by atoms with Gasteiger partial charge in [-0.05, 0) is 29.9 Å². The van der Waals surface area contributed by atoms with Gasteiger partial charge in [0.15, 0.2) is 0 Å². The number of benzene rings is 1. The Morgan fingerprint density at radius 2 is 1.94 bits per heavy atom. The van der Waals surface area contributed by atoms with Crippen molar-refractivity contribution in [2.45, 2.75) is 25.8 Å². The predicted molar refractivity (Wildman–Crippen MR) is 75.5 cm³/mol. The van der Waals surface area contributed by atoms with E-state index in [0.717, 1.165) is 12.8 Å². The van der Waals surface area contributed by atoms with Crippen LogP contribution in [0.15, 0.2) is 47.8 Å². The van der Waals surface area contributed by atoms with Gasteiger partial charge in [0.2, 0.25) is 5.91 Å². The zero-order chi connectivity index (χ0) is 12.6. The van der Waals surface area contributed by atoms with Gasteiger partial charge >= 0.3 is 0 Å². The lowest BCUT2D eigenvalue weighted by Crippen LogP contribution is -2.21. The number of carbonyl (C=O) groups excluding carboxylic acids is 1. The molecule has 0 atom stereocenters. The largest absolute Gasteiger partial charge is 0.351 e. The molecule has 94 valence electrons. The van der Waals surface area contributed by atoms with Crippen molar-refractivity contribution in [2.24, 2.45) is 0 Å². The van der Waals surface area contributed by atoms with E-state index in [9.17, 15) is 4.79 Å². The maximum absolute atomic E-state index is 11.6. The van der Waals surface area contributed by atoms with Crippen LogP contribution in [0.3, 0.4) is 0 Å². The SMILES string of the molecule is O=C(CCCc1ccccc1)NCc1cccs1. The highest BCUT2D eigenvalue weighted by molar-refractivity contribution is 7.09. The van der Waals surface area contributed by atoms with E-state index in [2.05, 4.69) is 17.4 Å². The van der Waals surface area contributed by atoms with Crippen molar-refractivity contribution >= 4 is 17.2 Å². The van der Waals surface area contributed by atoms with E-state index < -0.39 is 0 Å². The molecule has 1 N–H and O–H groups in total. The number of amides is 1. The molecule has 1 amide bonds. The minimum absolute atomic E-state index is 0.138. The number of hydrogen-bond acceptors (Lipinski definition) is 2. The molecule has 0 spiro atoms. The van der Waals surface area contributed by atoms with Crippen molar-refractivity contribution in [3.05, 3.63) is 58.3 Å². The van der Waals surface area contributed by atoms with E-state index >= 15 is 0 Å². The van der Waals surface area contributed by atoms with Crippen LogP contribution in [0.2, 0.25) is 0 Å². The Kier molecular flexibility index (Phi) is 4.97. The molecule has 0 aliphatic carbocycles. The average molecular weight is 259 g/mol. The fourth-order valence-electron chi connectivity index (χ4n) is 1.78. The molecular weight excluding hydrogens is 242 g/mol. The molecule has 0 aliphatic heterocycles. The van der Waals surface area contributed by atoms with E-state index in [0.29, 0.717) is 13.0 Å². The third-order valence-corrected chi connectivity index (χ3v) is 3.63. The smallest absolute Gasteiger partial charge is 0.220 e. The molecule has 0 bridgehead atoms. The van der Waals surface area contributed by atoms with Crippen molar-refractivity contribution in [1.29, 1.82) is 0 Å². The number of nitrogens with one attached hydrogen (secondary N) is 1. The summed E-state index contributed by atoms with van der Waals surface area (Å²) in [5, 5.41) is 4.97. The van der Waals surface area contributed by atoms with Gasteiger partial charge in [-0.25, -0.2) is 0 Å². The molecule has 1 aromatic heterocycles. The second kappa shape index (κ2) is 6.97. The van der Waals surface area contributed by atoms with Crippen LogP contribution in [0.25, 0.3) is 0 Å². The topological polar surface area (TPSA) is 29.1 Å². The highest BCUT2D eigenvalue weighted by Gasteiger charge is 2.02. The summed E-state index contributed by atoms with van der Waals surface area (Å²) in [7, 11) is 0. The van der Waals surface area contributed by atoms with Gasteiger partial charge < -0.3 is 5.32 Å². The van der Waals surface area contributed by atoms with Gasteiger partial charge in [0, 0.05) is 11.3 Å². The molecular formula is C15H17NOS. The van der Waals surface area contributed by atoms with E-state index in [4.69, 9.17) is 0 Å². The Hall–Kier alpha value is -1.61. The van der Waals surface area contributed by atoms with Gasteiger partial charge in [0.25, 0.3) is 0 Å². The van der Waals surface area contributed by atoms with Crippen LogP contribution in [-0.4, -0.2) is 5.91 Å². The third kappa shape index (κ3) is 4.34. The maximum Gasteiger partial charge on any atom is 0.220 e. The Morgan fingerprint density at radius 1 is 1.11 bits per heavy atom. The second-order valence-corrected chi connectivity index (χ2v) is 5.23. The van der Waals surface area contributed by atoms with Gasteiger partial charge in [-0.15, -0.1) is 11.3 Å². The minimum atomic E-state index is 0.138. The molecule has 0 aliphatic rings. The average Bonchev–Trinajstić information content (AvgIpc) is 2.91. The zero-order valence-electron chi connectivity index (χ0n) is 10.3. The first-order valence-corrected chi connectivity index (χ1v) is 7.05. The van der Waals surface area contributed by atoms with E-state index in [-0.39, 0.29) is 5.91 Å². The summed E-state index contributed by atoms with van der Waals surface area (Å²) in [5.41, 5.74) is 1.29. The summed E-state index contributed by atoms with van der Waals surface area (Å²) >= 11 is 1.67. The number of hydrogen-bond donors (Lipinski definition) is 1. The first kappa shape index (κ1) is 12.8. The van der Waals surface area contributed by atoms with Crippen LogP contribution in [0.4, 0.5) is 0 Å². The fourth-order valence-corrected chi connectivity index (χ4v) is 2.43. The van der Waals surface area contributed by atoms with Crippen molar-refractivity contribution < 1.29 is 4.79 Å². The molecule has 0 fully saturated rings. The van der Waals surface area contributed by atoms with Gasteiger partial charge in [0.05, 0.1) is 6.54 Å². The predicted octanol–water partition coefficient (Wildman–Crippen LogP) is 3.39. The number of carbonyl (C=O) groups is 1. The van der Waals surface area contributed by atoms with E-state index in [1.807, 2.05) is 35.7 Å². The lowest BCUT2D eigenvalue weighted by molar-refractivity contribution is -0.121. The third-order valence-electron chi connectivity index (χ3n) is 2.75. The number of thiophene rings is 1. The summed E-state index contributed by atoms with van der Waals surface area (Å²) in [5.74, 6) is 0.138. The molecule has 18 heavy (non-hydrogen) atoms. The highest BCUT2D eigenvalue weighted by atomic mass is 32.1. The van der Waals surface area contributed by atoms with Gasteiger partial charge in [0.1, 0.15) is 0 Å². The summed E-state index contributed by atoms with van der Waals surface area (Å²) in [6.07, 6.45) is 2.47. The van der Waals surface area contributed by atoms with Crippen molar-refractivity contribution in [1.82, 2.24) is 5.32 Å². The Labute approximate surface area is 112 Å².